The van der Waals surface area contributed by atoms with Crippen molar-refractivity contribution in [3.05, 3.63) is 96.3 Å². The van der Waals surface area contributed by atoms with E-state index in [0.29, 0.717) is 13.0 Å². The summed E-state index contributed by atoms with van der Waals surface area (Å²) in [6.45, 7) is 5.57. The molecule has 3 rings (SSSR count). The molecular formula is C29H34FN3O4S. The van der Waals surface area contributed by atoms with Crippen LogP contribution >= 0.6 is 0 Å². The standard InChI is InChI=1S/C29H34FN3O4S/c1-4-26(29(35)31-19-22(2)3)32(20-23-13-7-5-8-14-23)28(34)21-33(27-18-12-11-17-25(27)30)38(36,37)24-15-9-6-10-16-24/h5-18,22,26H,4,19-21H2,1-3H3,(H,31,35). The maximum absolute atomic E-state index is 14.9. The summed E-state index contributed by atoms with van der Waals surface area (Å²) in [5.41, 5.74) is 0.529. The van der Waals surface area contributed by atoms with Crippen molar-refractivity contribution in [3.63, 3.8) is 0 Å². The molecule has 9 heteroatoms. The lowest BCUT2D eigenvalue weighted by Gasteiger charge is -2.33. The Morgan fingerprint density at radius 1 is 0.895 bits per heavy atom. The van der Waals surface area contributed by atoms with Crippen LogP contribution in [0.5, 0.6) is 0 Å². The highest BCUT2D eigenvalue weighted by atomic mass is 32.2. The zero-order valence-corrected chi connectivity index (χ0v) is 22.7. The van der Waals surface area contributed by atoms with Crippen LogP contribution in [-0.2, 0) is 26.2 Å². The number of rotatable bonds is 12. The predicted octanol–water partition coefficient (Wildman–Crippen LogP) is 4.60. The third-order valence-electron chi connectivity index (χ3n) is 6.00. The quantitative estimate of drug-likeness (QED) is 0.365. The van der Waals surface area contributed by atoms with Crippen molar-refractivity contribution in [1.82, 2.24) is 10.2 Å². The Morgan fingerprint density at radius 2 is 1.47 bits per heavy atom. The van der Waals surface area contributed by atoms with E-state index >= 15 is 0 Å². The van der Waals surface area contributed by atoms with Crippen molar-refractivity contribution in [2.75, 3.05) is 17.4 Å². The third kappa shape index (κ3) is 7.19. The van der Waals surface area contributed by atoms with Gasteiger partial charge in [0.2, 0.25) is 11.8 Å². The fraction of sp³-hybridized carbons (Fsp3) is 0.310. The molecule has 1 unspecified atom stereocenters. The van der Waals surface area contributed by atoms with Crippen LogP contribution in [0.15, 0.2) is 89.8 Å². The van der Waals surface area contributed by atoms with Gasteiger partial charge in [-0.2, -0.15) is 0 Å². The Bertz CT molecular complexity index is 1320. The Morgan fingerprint density at radius 3 is 2.05 bits per heavy atom. The number of nitrogens with zero attached hydrogens (tertiary/aromatic N) is 2. The van der Waals surface area contributed by atoms with E-state index in [0.717, 1.165) is 15.9 Å². The average Bonchev–Trinajstić information content (AvgIpc) is 2.91. The number of hydrogen-bond acceptors (Lipinski definition) is 4. The highest BCUT2D eigenvalue weighted by molar-refractivity contribution is 7.92. The van der Waals surface area contributed by atoms with Crippen LogP contribution in [0.3, 0.4) is 0 Å². The molecule has 3 aromatic rings. The van der Waals surface area contributed by atoms with Crippen molar-refractivity contribution >= 4 is 27.5 Å². The highest BCUT2D eigenvalue weighted by Gasteiger charge is 2.34. The monoisotopic (exact) mass is 539 g/mol. The first kappa shape index (κ1) is 28.8. The van der Waals surface area contributed by atoms with E-state index in [1.165, 1.54) is 35.2 Å². The lowest BCUT2D eigenvalue weighted by molar-refractivity contribution is -0.140. The molecule has 0 bridgehead atoms. The van der Waals surface area contributed by atoms with E-state index in [4.69, 9.17) is 0 Å². The van der Waals surface area contributed by atoms with E-state index in [1.807, 2.05) is 44.2 Å². The minimum Gasteiger partial charge on any atom is -0.354 e. The summed E-state index contributed by atoms with van der Waals surface area (Å²) in [6, 6.07) is 21.3. The molecule has 38 heavy (non-hydrogen) atoms. The maximum Gasteiger partial charge on any atom is 0.264 e. The number of anilines is 1. The van der Waals surface area contributed by atoms with Gasteiger partial charge in [-0.05, 0) is 42.2 Å². The molecule has 0 aromatic heterocycles. The van der Waals surface area contributed by atoms with Gasteiger partial charge in [0.25, 0.3) is 10.0 Å². The number of halogens is 1. The smallest absolute Gasteiger partial charge is 0.264 e. The molecule has 0 radical (unpaired) electrons. The normalized spacial score (nSPS) is 12.1. The number of hydrogen-bond donors (Lipinski definition) is 1. The second-order valence-electron chi connectivity index (χ2n) is 9.35. The van der Waals surface area contributed by atoms with Crippen LogP contribution in [0.25, 0.3) is 0 Å². The van der Waals surface area contributed by atoms with Crippen LogP contribution in [-0.4, -0.2) is 44.3 Å². The van der Waals surface area contributed by atoms with Crippen LogP contribution in [0.4, 0.5) is 10.1 Å². The van der Waals surface area contributed by atoms with Gasteiger partial charge in [0.05, 0.1) is 10.6 Å². The molecule has 2 amide bonds. The number of benzene rings is 3. The first-order chi connectivity index (χ1) is 18.1. The summed E-state index contributed by atoms with van der Waals surface area (Å²) >= 11 is 0. The average molecular weight is 540 g/mol. The van der Waals surface area contributed by atoms with Crippen LogP contribution in [0, 0.1) is 11.7 Å². The van der Waals surface area contributed by atoms with Gasteiger partial charge in [-0.1, -0.05) is 81.4 Å². The molecule has 0 fully saturated rings. The highest BCUT2D eigenvalue weighted by Crippen LogP contribution is 2.27. The van der Waals surface area contributed by atoms with E-state index < -0.39 is 34.3 Å². The second-order valence-corrected chi connectivity index (χ2v) is 11.2. The van der Waals surface area contributed by atoms with Gasteiger partial charge in [0, 0.05) is 13.1 Å². The Hall–Kier alpha value is -3.72. The molecular weight excluding hydrogens is 505 g/mol. The fourth-order valence-electron chi connectivity index (χ4n) is 4.01. The molecule has 0 aliphatic heterocycles. The van der Waals surface area contributed by atoms with Crippen molar-refractivity contribution in [2.24, 2.45) is 5.92 Å². The molecule has 0 spiro atoms. The van der Waals surface area contributed by atoms with Crippen molar-refractivity contribution in [2.45, 2.75) is 44.7 Å². The lowest BCUT2D eigenvalue weighted by Crippen LogP contribution is -2.52. The molecule has 7 nitrogen and oxygen atoms in total. The van der Waals surface area contributed by atoms with Crippen LogP contribution in [0.2, 0.25) is 0 Å². The van der Waals surface area contributed by atoms with Crippen molar-refractivity contribution < 1.29 is 22.4 Å². The first-order valence-electron chi connectivity index (χ1n) is 12.6. The van der Waals surface area contributed by atoms with Gasteiger partial charge >= 0.3 is 0 Å². The summed E-state index contributed by atoms with van der Waals surface area (Å²) in [7, 11) is -4.31. The maximum atomic E-state index is 14.9. The molecule has 202 valence electrons. The SMILES string of the molecule is CCC(C(=O)NCC(C)C)N(Cc1ccccc1)C(=O)CN(c1ccccc1F)S(=O)(=O)c1ccccc1. The summed E-state index contributed by atoms with van der Waals surface area (Å²) in [4.78, 5) is 28.3. The topological polar surface area (TPSA) is 86.8 Å². The molecule has 1 atom stereocenters. The Kier molecular flexibility index (Phi) is 10.0. The largest absolute Gasteiger partial charge is 0.354 e. The minimum atomic E-state index is -4.31. The zero-order chi connectivity index (χ0) is 27.7. The van der Waals surface area contributed by atoms with Crippen LogP contribution in [0.1, 0.15) is 32.8 Å². The van der Waals surface area contributed by atoms with Gasteiger partial charge in [-0.25, -0.2) is 12.8 Å². The van der Waals surface area contributed by atoms with Gasteiger partial charge in [0.1, 0.15) is 18.4 Å². The number of nitrogens with one attached hydrogen (secondary N) is 1. The molecule has 0 heterocycles. The second kappa shape index (κ2) is 13.2. The Labute approximate surface area is 224 Å². The number of carbonyl (C=O) groups is 2. The van der Waals surface area contributed by atoms with E-state index in [-0.39, 0.29) is 29.0 Å². The van der Waals surface area contributed by atoms with E-state index in [2.05, 4.69) is 5.32 Å². The minimum absolute atomic E-state index is 0.0765. The number of para-hydroxylation sites is 1. The molecule has 0 aliphatic rings. The number of amides is 2. The fourth-order valence-corrected chi connectivity index (χ4v) is 5.45. The molecule has 0 saturated heterocycles. The molecule has 0 saturated carbocycles. The van der Waals surface area contributed by atoms with Gasteiger partial charge in [0.15, 0.2) is 0 Å². The molecule has 0 aliphatic carbocycles. The number of carbonyl (C=O) groups excluding carboxylic acids is 2. The molecule has 1 N–H and O–H groups in total. The summed E-state index contributed by atoms with van der Waals surface area (Å²) < 4.78 is 43.0. The van der Waals surface area contributed by atoms with Crippen LogP contribution < -0.4 is 9.62 Å². The number of sulfonamides is 1. The molecule has 3 aromatic carbocycles. The summed E-state index contributed by atoms with van der Waals surface area (Å²) in [6.07, 6.45) is 0.313. The van der Waals surface area contributed by atoms with Gasteiger partial charge in [-0.3, -0.25) is 13.9 Å². The van der Waals surface area contributed by atoms with Gasteiger partial charge in [-0.15, -0.1) is 0 Å². The van der Waals surface area contributed by atoms with Crippen molar-refractivity contribution in [3.8, 4) is 0 Å². The first-order valence-corrected chi connectivity index (χ1v) is 14.0. The van der Waals surface area contributed by atoms with E-state index in [1.54, 1.807) is 25.1 Å². The summed E-state index contributed by atoms with van der Waals surface area (Å²) in [5, 5.41) is 2.88. The van der Waals surface area contributed by atoms with Gasteiger partial charge < -0.3 is 10.2 Å². The van der Waals surface area contributed by atoms with E-state index in [9.17, 15) is 22.4 Å². The zero-order valence-electron chi connectivity index (χ0n) is 21.9. The lowest BCUT2D eigenvalue weighted by atomic mass is 10.1. The Balaban J connectivity index is 2.03. The third-order valence-corrected chi connectivity index (χ3v) is 7.77. The summed E-state index contributed by atoms with van der Waals surface area (Å²) in [5.74, 6) is -1.52. The van der Waals surface area contributed by atoms with Crippen molar-refractivity contribution in [1.29, 1.82) is 0 Å². The predicted molar refractivity (Wildman–Crippen MR) is 146 cm³/mol.